The summed E-state index contributed by atoms with van der Waals surface area (Å²) in [6.07, 6.45) is 1.88. The average molecular weight is 907 g/mol. The molecule has 2 aromatic heterocycles. The molecule has 3 aromatic rings. The van der Waals surface area contributed by atoms with Gasteiger partial charge in [0.2, 0.25) is 11.9 Å². The van der Waals surface area contributed by atoms with E-state index >= 15 is 0 Å². The Morgan fingerprint density at radius 3 is 2.11 bits per heavy atom. The van der Waals surface area contributed by atoms with E-state index in [0.717, 1.165) is 22.5 Å². The fourth-order valence-corrected chi connectivity index (χ4v) is 5.32. The maximum absolute atomic E-state index is 13.1. The van der Waals surface area contributed by atoms with E-state index in [1.54, 1.807) is 53.7 Å². The fraction of sp³-hybridized carbons (Fsp3) is 0.514. The molecule has 3 rings (SSSR count). The van der Waals surface area contributed by atoms with E-state index in [1.165, 1.54) is 0 Å². The molecule has 0 bridgehead atoms. The number of carboxylic acid groups (broad SMARTS) is 1. The number of carboxylic acids is 1. The number of hydrogen-bond donors (Lipinski definition) is 3. The summed E-state index contributed by atoms with van der Waals surface area (Å²) >= 11 is 7.04. The zero-order valence-electron chi connectivity index (χ0n) is 31.9. The summed E-state index contributed by atoms with van der Waals surface area (Å²) in [5.41, 5.74) is -1.43. The standard InChI is InChI=1S/C35H47ClN6O10S.HI/c1-33(2,3)49-29(45)24(52-40-26(28(43)44)25-27(36)53-30(38-25)39-32(47)51-35(7,8)9)20-48-23-14-12-21(13-15-23)22-18-41(10)42(19-22)17-11-16-37-31(46)50-34(4,5)6;/h12-15,18-19,24H,11,16-17,20H2,1-10H3,(H2-,37,38,39,43,44,46,47);1H. The van der Waals surface area contributed by atoms with Gasteiger partial charge in [-0.1, -0.05) is 40.2 Å². The number of nitrogens with zero attached hydrogens (tertiary/aromatic N) is 4. The SMILES string of the molecule is C[n+]1cc(-c2ccc(OCC(ON=C(C(=O)O)c3nc(NC(=O)OC(C)(C)C)sc3Cl)C(=O)OC(C)(C)C)cc2)cn1CCCNC(=O)OC(C)(C)C.[I-]. The molecule has 0 aliphatic rings. The van der Waals surface area contributed by atoms with Crippen molar-refractivity contribution in [3.63, 3.8) is 0 Å². The summed E-state index contributed by atoms with van der Waals surface area (Å²) in [5.74, 6) is -2.01. The molecule has 0 saturated carbocycles. The first-order chi connectivity index (χ1) is 24.5. The predicted octanol–water partition coefficient (Wildman–Crippen LogP) is 2.95. The number of carbonyl (C=O) groups is 4. The number of carbonyl (C=O) groups excluding carboxylic acids is 3. The lowest BCUT2D eigenvalue weighted by atomic mass is 10.1. The van der Waals surface area contributed by atoms with Crippen LogP contribution in [0.15, 0.2) is 41.8 Å². The molecule has 0 radical (unpaired) electrons. The number of ether oxygens (including phenoxy) is 4. The summed E-state index contributed by atoms with van der Waals surface area (Å²) in [6.45, 7) is 16.2. The third-order valence-electron chi connectivity index (χ3n) is 6.40. The highest BCUT2D eigenvalue weighted by atomic mass is 127. The van der Waals surface area contributed by atoms with Crippen LogP contribution in [0, 0.1) is 0 Å². The van der Waals surface area contributed by atoms with Crippen molar-refractivity contribution in [3.05, 3.63) is 46.7 Å². The zero-order chi connectivity index (χ0) is 39.7. The quantitative estimate of drug-likeness (QED) is 0.0410. The van der Waals surface area contributed by atoms with Crippen molar-refractivity contribution in [1.29, 1.82) is 0 Å². The van der Waals surface area contributed by atoms with E-state index in [-0.39, 0.29) is 45.7 Å². The van der Waals surface area contributed by atoms with Crippen molar-refractivity contribution in [2.24, 2.45) is 12.2 Å². The van der Waals surface area contributed by atoms with Gasteiger partial charge in [0.1, 0.15) is 39.2 Å². The minimum Gasteiger partial charge on any atom is -1.00 e. The van der Waals surface area contributed by atoms with Gasteiger partial charge in [0.15, 0.2) is 12.2 Å². The van der Waals surface area contributed by atoms with Crippen molar-refractivity contribution in [1.82, 2.24) is 15.0 Å². The smallest absolute Gasteiger partial charge is 0.413 e. The van der Waals surface area contributed by atoms with Gasteiger partial charge in [0.05, 0.1) is 18.3 Å². The normalized spacial score (nSPS) is 12.5. The van der Waals surface area contributed by atoms with Gasteiger partial charge in [-0.15, -0.1) is 4.68 Å². The molecule has 0 saturated heterocycles. The molecule has 0 spiro atoms. The Morgan fingerprint density at radius 2 is 1.54 bits per heavy atom. The number of oxime groups is 1. The Kier molecular flexibility index (Phi) is 16.5. The molecule has 1 aromatic carbocycles. The number of thiazole rings is 1. The Labute approximate surface area is 340 Å². The summed E-state index contributed by atoms with van der Waals surface area (Å²) in [4.78, 5) is 58.8. The molecule has 2 amide bonds. The molecule has 54 heavy (non-hydrogen) atoms. The number of aliphatic carboxylic acids is 1. The Hall–Kier alpha value is -4.17. The molecule has 16 nitrogen and oxygen atoms in total. The van der Waals surface area contributed by atoms with E-state index in [9.17, 15) is 24.3 Å². The molecule has 298 valence electrons. The maximum atomic E-state index is 13.1. The number of rotatable bonds is 14. The summed E-state index contributed by atoms with van der Waals surface area (Å²) in [6, 6.07) is 7.11. The number of amides is 2. The summed E-state index contributed by atoms with van der Waals surface area (Å²) in [5, 5.41) is 18.7. The van der Waals surface area contributed by atoms with Crippen LogP contribution in [0.4, 0.5) is 14.7 Å². The van der Waals surface area contributed by atoms with Crippen molar-refractivity contribution < 1.29 is 76.7 Å². The molecular formula is C35H48ClIN6O10S. The Bertz CT molecular complexity index is 1790. The number of halogens is 2. The minimum absolute atomic E-state index is 0. The number of alkyl carbamates (subject to hydrolysis) is 1. The van der Waals surface area contributed by atoms with E-state index in [2.05, 4.69) is 20.8 Å². The molecule has 0 aliphatic carbocycles. The zero-order valence-corrected chi connectivity index (χ0v) is 35.7. The Balaban J connectivity index is 0.0000101. The van der Waals surface area contributed by atoms with Gasteiger partial charge in [-0.25, -0.2) is 24.2 Å². The minimum atomic E-state index is -1.56. The first-order valence-corrected chi connectivity index (χ1v) is 17.8. The van der Waals surface area contributed by atoms with Gasteiger partial charge in [-0.3, -0.25) is 5.32 Å². The van der Waals surface area contributed by atoms with E-state index in [1.807, 2.05) is 61.7 Å². The van der Waals surface area contributed by atoms with Gasteiger partial charge >= 0.3 is 24.1 Å². The van der Waals surface area contributed by atoms with Crippen LogP contribution in [0.3, 0.4) is 0 Å². The second-order valence-electron chi connectivity index (χ2n) is 14.7. The van der Waals surface area contributed by atoms with E-state index < -0.39 is 52.7 Å². The van der Waals surface area contributed by atoms with Crippen molar-refractivity contribution in [2.45, 2.75) is 98.2 Å². The van der Waals surface area contributed by atoms with Crippen molar-refractivity contribution in [3.8, 4) is 16.9 Å². The average Bonchev–Trinajstić information content (AvgIpc) is 3.55. The number of hydrogen-bond acceptors (Lipinski definition) is 12. The van der Waals surface area contributed by atoms with Gasteiger partial charge in [0, 0.05) is 6.54 Å². The monoisotopic (exact) mass is 906 g/mol. The lowest BCUT2D eigenvalue weighted by Gasteiger charge is -2.23. The molecular weight excluding hydrogens is 859 g/mol. The molecule has 1 unspecified atom stereocenters. The molecule has 19 heteroatoms. The van der Waals surface area contributed by atoms with E-state index in [4.69, 9.17) is 35.4 Å². The molecule has 0 fully saturated rings. The number of aromatic nitrogens is 3. The molecule has 2 heterocycles. The first kappa shape index (κ1) is 46.0. The third kappa shape index (κ3) is 15.7. The van der Waals surface area contributed by atoms with Crippen LogP contribution in [0.1, 0.15) is 74.4 Å². The van der Waals surface area contributed by atoms with Crippen molar-refractivity contribution >= 4 is 57.9 Å². The number of nitrogens with one attached hydrogen (secondary N) is 2. The highest BCUT2D eigenvalue weighted by Crippen LogP contribution is 2.29. The van der Waals surface area contributed by atoms with Crippen LogP contribution < -0.4 is 44.0 Å². The lowest BCUT2D eigenvalue weighted by Crippen LogP contribution is -3.00. The number of esters is 1. The lowest BCUT2D eigenvalue weighted by molar-refractivity contribution is -0.753. The second-order valence-corrected chi connectivity index (χ2v) is 16.3. The second kappa shape index (κ2) is 19.4. The van der Waals surface area contributed by atoms with Crippen LogP contribution >= 0.6 is 22.9 Å². The highest BCUT2D eigenvalue weighted by molar-refractivity contribution is 7.20. The fourth-order valence-electron chi connectivity index (χ4n) is 4.29. The van der Waals surface area contributed by atoms with Crippen LogP contribution in [0.25, 0.3) is 11.1 Å². The summed E-state index contributed by atoms with van der Waals surface area (Å²) in [7, 11) is 1.92. The van der Waals surface area contributed by atoms with Crippen LogP contribution in [0.2, 0.25) is 4.34 Å². The van der Waals surface area contributed by atoms with Crippen molar-refractivity contribution in [2.75, 3.05) is 18.5 Å². The maximum Gasteiger partial charge on any atom is 0.413 e. The molecule has 0 aliphatic heterocycles. The number of aryl methyl sites for hydroxylation is 2. The van der Waals surface area contributed by atoms with Gasteiger partial charge in [0.25, 0.3) is 6.10 Å². The topological polar surface area (TPSA) is 193 Å². The van der Waals surface area contributed by atoms with Crippen LogP contribution in [-0.4, -0.2) is 80.7 Å². The summed E-state index contributed by atoms with van der Waals surface area (Å²) < 4.78 is 25.6. The first-order valence-electron chi connectivity index (χ1n) is 16.6. The largest absolute Gasteiger partial charge is 1.00 e. The van der Waals surface area contributed by atoms with E-state index in [0.29, 0.717) is 25.3 Å². The Morgan fingerprint density at radius 1 is 0.944 bits per heavy atom. The number of benzene rings is 1. The van der Waals surface area contributed by atoms with Gasteiger partial charge in [-0.2, -0.15) is 4.68 Å². The number of anilines is 1. The predicted molar refractivity (Wildman–Crippen MR) is 197 cm³/mol. The molecule has 3 N–H and O–H groups in total. The molecule has 1 atom stereocenters. The van der Waals surface area contributed by atoms with Crippen LogP contribution in [-0.2, 0) is 42.2 Å². The van der Waals surface area contributed by atoms with Gasteiger partial charge in [-0.05, 0) is 86.4 Å². The van der Waals surface area contributed by atoms with Gasteiger partial charge < -0.3 is 58.2 Å². The highest BCUT2D eigenvalue weighted by Gasteiger charge is 2.30. The van der Waals surface area contributed by atoms with Crippen LogP contribution in [0.5, 0.6) is 5.75 Å². The third-order valence-corrected chi connectivity index (χ3v) is 7.57.